The van der Waals surface area contributed by atoms with Gasteiger partial charge in [0, 0.05) is 22.3 Å². The Labute approximate surface area is 104 Å². The first-order valence-electron chi connectivity index (χ1n) is 5.50. The van der Waals surface area contributed by atoms with Crippen LogP contribution in [0.4, 0.5) is 4.39 Å². The molecule has 0 aromatic heterocycles. The number of rotatable bonds is 3. The van der Waals surface area contributed by atoms with Crippen molar-refractivity contribution < 1.29 is 9.13 Å². The highest BCUT2D eigenvalue weighted by Gasteiger charge is 2.26. The average Bonchev–Trinajstić information content (AvgIpc) is 2.67. The molecule has 1 aliphatic rings. The highest BCUT2D eigenvalue weighted by molar-refractivity contribution is 8.00. The minimum atomic E-state index is -0.318. The predicted molar refractivity (Wildman–Crippen MR) is 67.1 cm³/mol. The van der Waals surface area contributed by atoms with Crippen LogP contribution in [0.15, 0.2) is 23.1 Å². The van der Waals surface area contributed by atoms with E-state index >= 15 is 0 Å². The lowest BCUT2D eigenvalue weighted by Crippen LogP contribution is -2.14. The van der Waals surface area contributed by atoms with Gasteiger partial charge in [-0.2, -0.15) is 0 Å². The van der Waals surface area contributed by atoms with Gasteiger partial charge in [0.25, 0.3) is 0 Å². The number of ether oxygens (including phenoxy) is 1. The molecule has 2 atom stereocenters. The molecule has 1 heterocycles. The number of nitrogens with one attached hydrogen (secondary N) is 1. The summed E-state index contributed by atoms with van der Waals surface area (Å²) in [4.78, 5) is 0.595. The fourth-order valence-corrected chi connectivity index (χ4v) is 2.92. The first-order chi connectivity index (χ1) is 8.08. The number of nitrogen functional groups attached to an aromatic ring is 1. The van der Waals surface area contributed by atoms with Gasteiger partial charge in [-0.05, 0) is 31.5 Å². The van der Waals surface area contributed by atoms with Crippen molar-refractivity contribution in [2.24, 2.45) is 5.73 Å². The van der Waals surface area contributed by atoms with Crippen LogP contribution in [0.5, 0.6) is 0 Å². The van der Waals surface area contributed by atoms with Crippen LogP contribution >= 0.6 is 11.8 Å². The molecule has 92 valence electrons. The molecular formula is C12H15FN2OS. The molecule has 1 saturated heterocycles. The Kier molecular flexibility index (Phi) is 3.69. The van der Waals surface area contributed by atoms with E-state index in [1.54, 1.807) is 12.1 Å². The molecule has 3 N–H and O–H groups in total. The number of amidine groups is 1. The van der Waals surface area contributed by atoms with E-state index < -0.39 is 0 Å². The summed E-state index contributed by atoms with van der Waals surface area (Å²) in [5.41, 5.74) is 5.73. The predicted octanol–water partition coefficient (Wildman–Crippen LogP) is 2.38. The van der Waals surface area contributed by atoms with Crippen LogP contribution in [0.25, 0.3) is 0 Å². The van der Waals surface area contributed by atoms with Crippen molar-refractivity contribution in [1.29, 1.82) is 5.41 Å². The van der Waals surface area contributed by atoms with E-state index in [0.717, 1.165) is 13.0 Å². The first-order valence-corrected chi connectivity index (χ1v) is 6.38. The second-order valence-corrected chi connectivity index (χ2v) is 5.36. The Hall–Kier alpha value is -1.07. The van der Waals surface area contributed by atoms with Crippen LogP contribution in [0.1, 0.15) is 18.9 Å². The summed E-state index contributed by atoms with van der Waals surface area (Å²) in [5.74, 6) is -0.431. The summed E-state index contributed by atoms with van der Waals surface area (Å²) in [6.07, 6.45) is 1.10. The Morgan fingerprint density at radius 1 is 1.59 bits per heavy atom. The van der Waals surface area contributed by atoms with E-state index in [1.807, 2.05) is 6.92 Å². The van der Waals surface area contributed by atoms with Crippen LogP contribution in [0, 0.1) is 11.2 Å². The van der Waals surface area contributed by atoms with Crippen molar-refractivity contribution in [3.63, 3.8) is 0 Å². The summed E-state index contributed by atoms with van der Waals surface area (Å²) in [6.45, 7) is 2.75. The van der Waals surface area contributed by atoms with Gasteiger partial charge in [0.1, 0.15) is 11.7 Å². The highest BCUT2D eigenvalue weighted by atomic mass is 32.2. The van der Waals surface area contributed by atoms with Crippen LogP contribution in [-0.4, -0.2) is 23.8 Å². The maximum Gasteiger partial charge on any atom is 0.137 e. The Morgan fingerprint density at radius 3 is 2.88 bits per heavy atom. The smallest absolute Gasteiger partial charge is 0.137 e. The fraction of sp³-hybridized carbons (Fsp3) is 0.417. The molecule has 3 nitrogen and oxygen atoms in total. The summed E-state index contributed by atoms with van der Waals surface area (Å²) in [7, 11) is 0. The fourth-order valence-electron chi connectivity index (χ4n) is 1.79. The minimum absolute atomic E-state index is 0.113. The summed E-state index contributed by atoms with van der Waals surface area (Å²) < 4.78 is 19.2. The number of thioether (sulfide) groups is 1. The lowest BCUT2D eigenvalue weighted by atomic mass is 10.2. The second kappa shape index (κ2) is 5.06. The van der Waals surface area contributed by atoms with Gasteiger partial charge in [0.15, 0.2) is 0 Å². The molecule has 0 radical (unpaired) electrons. The third kappa shape index (κ3) is 2.79. The summed E-state index contributed by atoms with van der Waals surface area (Å²) in [5, 5.41) is 7.54. The topological polar surface area (TPSA) is 59.1 Å². The average molecular weight is 254 g/mol. The van der Waals surface area contributed by atoms with Crippen LogP contribution in [-0.2, 0) is 4.74 Å². The van der Waals surface area contributed by atoms with E-state index in [1.165, 1.54) is 17.8 Å². The largest absolute Gasteiger partial charge is 0.384 e. The van der Waals surface area contributed by atoms with Crippen molar-refractivity contribution in [3.05, 3.63) is 29.6 Å². The van der Waals surface area contributed by atoms with Gasteiger partial charge in [-0.1, -0.05) is 0 Å². The normalized spacial score (nSPS) is 23.9. The van der Waals surface area contributed by atoms with E-state index in [9.17, 15) is 4.39 Å². The van der Waals surface area contributed by atoms with Crippen LogP contribution in [0.2, 0.25) is 0 Å². The van der Waals surface area contributed by atoms with Crippen molar-refractivity contribution in [1.82, 2.24) is 0 Å². The zero-order valence-electron chi connectivity index (χ0n) is 9.57. The molecule has 1 fully saturated rings. The van der Waals surface area contributed by atoms with E-state index in [2.05, 4.69) is 0 Å². The second-order valence-electron chi connectivity index (χ2n) is 4.08. The zero-order valence-corrected chi connectivity index (χ0v) is 10.4. The van der Waals surface area contributed by atoms with Crippen LogP contribution in [0.3, 0.4) is 0 Å². The molecule has 0 aliphatic carbocycles. The van der Waals surface area contributed by atoms with Gasteiger partial charge >= 0.3 is 0 Å². The molecular weight excluding hydrogens is 239 g/mol. The lowest BCUT2D eigenvalue weighted by molar-refractivity contribution is 0.127. The first kappa shape index (κ1) is 12.4. The molecule has 2 unspecified atom stereocenters. The lowest BCUT2D eigenvalue weighted by Gasteiger charge is -2.14. The maximum atomic E-state index is 13.8. The molecule has 0 spiro atoms. The number of hydrogen-bond donors (Lipinski definition) is 2. The summed E-state index contributed by atoms with van der Waals surface area (Å²) >= 11 is 1.50. The van der Waals surface area contributed by atoms with Gasteiger partial charge in [-0.15, -0.1) is 11.8 Å². The number of halogens is 1. The SMILES string of the molecule is CC1OCCC1Sc1ccc(C(=N)N)cc1F. The van der Waals surface area contributed by atoms with Crippen molar-refractivity contribution >= 4 is 17.6 Å². The number of benzene rings is 1. The molecule has 1 aromatic rings. The quantitative estimate of drug-likeness (QED) is 0.643. The molecule has 1 aliphatic heterocycles. The van der Waals surface area contributed by atoms with Gasteiger partial charge in [0.2, 0.25) is 0 Å². The number of nitrogens with two attached hydrogens (primary N) is 1. The third-order valence-corrected chi connectivity index (χ3v) is 4.33. The maximum absolute atomic E-state index is 13.8. The van der Waals surface area contributed by atoms with Crippen molar-refractivity contribution in [2.75, 3.05) is 6.61 Å². The third-order valence-electron chi connectivity index (χ3n) is 2.83. The number of hydrogen-bond acceptors (Lipinski definition) is 3. The molecule has 1 aromatic carbocycles. The summed E-state index contributed by atoms with van der Waals surface area (Å²) in [6, 6.07) is 4.67. The highest BCUT2D eigenvalue weighted by Crippen LogP contribution is 2.34. The minimum Gasteiger partial charge on any atom is -0.384 e. The zero-order chi connectivity index (χ0) is 12.4. The van der Waals surface area contributed by atoms with Crippen LogP contribution < -0.4 is 5.73 Å². The molecule has 5 heteroatoms. The molecule has 0 bridgehead atoms. The monoisotopic (exact) mass is 254 g/mol. The molecule has 0 amide bonds. The standard InChI is InChI=1S/C12H15FN2OS/c1-7-10(4-5-16-7)17-11-3-2-8(12(14)15)6-9(11)13/h2-3,6-7,10H,4-5H2,1H3,(H3,14,15). The van der Waals surface area contributed by atoms with E-state index in [0.29, 0.717) is 15.7 Å². The Balaban J connectivity index is 2.14. The van der Waals surface area contributed by atoms with E-state index in [4.69, 9.17) is 15.9 Å². The molecule has 0 saturated carbocycles. The van der Waals surface area contributed by atoms with Gasteiger partial charge in [-0.3, -0.25) is 5.41 Å². The van der Waals surface area contributed by atoms with Gasteiger partial charge < -0.3 is 10.5 Å². The van der Waals surface area contributed by atoms with Crippen molar-refractivity contribution in [3.8, 4) is 0 Å². The van der Waals surface area contributed by atoms with Gasteiger partial charge in [0.05, 0.1) is 6.10 Å². The molecule has 17 heavy (non-hydrogen) atoms. The van der Waals surface area contributed by atoms with E-state index in [-0.39, 0.29) is 17.8 Å². The van der Waals surface area contributed by atoms with Crippen molar-refractivity contribution in [2.45, 2.75) is 29.6 Å². The van der Waals surface area contributed by atoms with Gasteiger partial charge in [-0.25, -0.2) is 4.39 Å². The Morgan fingerprint density at radius 2 is 2.35 bits per heavy atom. The Bertz CT molecular complexity index is 439. The molecule has 2 rings (SSSR count).